The molecule has 1 aliphatic carbocycles. The normalized spacial score (nSPS) is 18.5. The van der Waals surface area contributed by atoms with Crippen molar-refractivity contribution >= 4 is 11.9 Å². The average molecular weight is 231 g/mol. The van der Waals surface area contributed by atoms with E-state index in [1.54, 1.807) is 13.8 Å². The lowest BCUT2D eigenvalue weighted by atomic mass is 9.83. The van der Waals surface area contributed by atoms with Gasteiger partial charge in [0.1, 0.15) is 5.54 Å². The van der Waals surface area contributed by atoms with Gasteiger partial charge in [0.15, 0.2) is 0 Å². The molecule has 1 aliphatic rings. The molecule has 0 amide bonds. The van der Waals surface area contributed by atoms with Crippen molar-refractivity contribution in [2.45, 2.75) is 51.5 Å². The Balaban J connectivity index is 0.000000325. The Hall–Kier alpha value is -1.10. The maximum atomic E-state index is 10.6. The standard InChI is InChI=1S/C7H13NO2.C4H8O2/c8-7(6(9)10)4-2-1-3-5-7;1-3(2)4(5)6/h1-5,8H2,(H,9,10);3H,1-2H3,(H,5,6). The first kappa shape index (κ1) is 14.9. The molecule has 0 radical (unpaired) electrons. The maximum Gasteiger partial charge on any atom is 0.323 e. The lowest BCUT2D eigenvalue weighted by Crippen LogP contribution is -2.49. The summed E-state index contributed by atoms with van der Waals surface area (Å²) in [4.78, 5) is 20.3. The van der Waals surface area contributed by atoms with Crippen molar-refractivity contribution in [3.63, 3.8) is 0 Å². The van der Waals surface area contributed by atoms with Gasteiger partial charge in [-0.15, -0.1) is 0 Å². The molecule has 5 nitrogen and oxygen atoms in total. The van der Waals surface area contributed by atoms with Gasteiger partial charge >= 0.3 is 11.9 Å². The van der Waals surface area contributed by atoms with Crippen LogP contribution in [0.25, 0.3) is 0 Å². The Morgan fingerprint density at radius 3 is 1.69 bits per heavy atom. The molecule has 94 valence electrons. The van der Waals surface area contributed by atoms with Crippen LogP contribution >= 0.6 is 0 Å². The molecule has 0 aromatic carbocycles. The first-order valence-corrected chi connectivity index (χ1v) is 5.54. The van der Waals surface area contributed by atoms with Crippen molar-refractivity contribution in [3.05, 3.63) is 0 Å². The van der Waals surface area contributed by atoms with E-state index < -0.39 is 17.5 Å². The van der Waals surface area contributed by atoms with Gasteiger partial charge < -0.3 is 15.9 Å². The molecule has 1 saturated carbocycles. The van der Waals surface area contributed by atoms with Crippen molar-refractivity contribution in [2.24, 2.45) is 11.7 Å². The Morgan fingerprint density at radius 2 is 1.50 bits per heavy atom. The summed E-state index contributed by atoms with van der Waals surface area (Å²) < 4.78 is 0. The number of hydrogen-bond acceptors (Lipinski definition) is 3. The van der Waals surface area contributed by atoms with E-state index in [1.165, 1.54) is 0 Å². The van der Waals surface area contributed by atoms with Gasteiger partial charge in [-0.1, -0.05) is 33.1 Å². The number of carbonyl (C=O) groups is 2. The molecule has 0 bridgehead atoms. The number of carboxylic acids is 2. The van der Waals surface area contributed by atoms with Crippen molar-refractivity contribution in [3.8, 4) is 0 Å². The van der Waals surface area contributed by atoms with E-state index in [9.17, 15) is 9.59 Å². The second-order valence-electron chi connectivity index (χ2n) is 4.51. The molecule has 0 heterocycles. The van der Waals surface area contributed by atoms with Crippen molar-refractivity contribution in [1.82, 2.24) is 0 Å². The van der Waals surface area contributed by atoms with Crippen LogP contribution in [-0.4, -0.2) is 27.7 Å². The van der Waals surface area contributed by atoms with Crippen LogP contribution in [-0.2, 0) is 9.59 Å². The largest absolute Gasteiger partial charge is 0.481 e. The summed E-state index contributed by atoms with van der Waals surface area (Å²) >= 11 is 0. The third kappa shape index (κ3) is 5.11. The molecule has 0 unspecified atom stereocenters. The molecule has 0 aromatic rings. The van der Waals surface area contributed by atoms with Crippen LogP contribution in [0.2, 0.25) is 0 Å². The third-order valence-corrected chi connectivity index (χ3v) is 2.67. The summed E-state index contributed by atoms with van der Waals surface area (Å²) in [7, 11) is 0. The van der Waals surface area contributed by atoms with Crippen molar-refractivity contribution in [1.29, 1.82) is 0 Å². The van der Waals surface area contributed by atoms with E-state index in [4.69, 9.17) is 15.9 Å². The van der Waals surface area contributed by atoms with Crippen molar-refractivity contribution < 1.29 is 19.8 Å². The van der Waals surface area contributed by atoms with Crippen LogP contribution in [0, 0.1) is 5.92 Å². The van der Waals surface area contributed by atoms with Gasteiger partial charge in [-0.2, -0.15) is 0 Å². The molecular weight excluding hydrogens is 210 g/mol. The van der Waals surface area contributed by atoms with E-state index >= 15 is 0 Å². The summed E-state index contributed by atoms with van der Waals surface area (Å²) in [5.41, 5.74) is 4.70. The van der Waals surface area contributed by atoms with Gasteiger partial charge in [-0.25, -0.2) is 0 Å². The lowest BCUT2D eigenvalue weighted by Gasteiger charge is -2.28. The highest BCUT2D eigenvalue weighted by atomic mass is 16.4. The highest BCUT2D eigenvalue weighted by Crippen LogP contribution is 2.25. The number of nitrogens with two attached hydrogens (primary N) is 1. The molecule has 0 spiro atoms. The summed E-state index contributed by atoms with van der Waals surface area (Å²) in [6.07, 6.45) is 4.34. The Labute approximate surface area is 95.6 Å². The molecular formula is C11H21NO4. The van der Waals surface area contributed by atoms with E-state index in [1.807, 2.05) is 0 Å². The minimum Gasteiger partial charge on any atom is -0.481 e. The fourth-order valence-electron chi connectivity index (χ4n) is 1.40. The molecule has 0 saturated heterocycles. The Kier molecular flexibility index (Phi) is 6.03. The highest BCUT2D eigenvalue weighted by molar-refractivity contribution is 5.78. The quantitative estimate of drug-likeness (QED) is 0.668. The zero-order valence-electron chi connectivity index (χ0n) is 9.90. The van der Waals surface area contributed by atoms with Gasteiger partial charge in [-0.3, -0.25) is 9.59 Å². The second-order valence-corrected chi connectivity index (χ2v) is 4.51. The smallest absolute Gasteiger partial charge is 0.323 e. The first-order chi connectivity index (χ1) is 7.29. The van der Waals surface area contributed by atoms with E-state index in [0.717, 1.165) is 19.3 Å². The summed E-state index contributed by atoms with van der Waals surface area (Å²) in [6, 6.07) is 0. The van der Waals surface area contributed by atoms with E-state index in [-0.39, 0.29) is 5.92 Å². The Morgan fingerprint density at radius 1 is 1.12 bits per heavy atom. The first-order valence-electron chi connectivity index (χ1n) is 5.54. The number of hydrogen-bond donors (Lipinski definition) is 3. The SMILES string of the molecule is CC(C)C(=O)O.NC1(C(=O)O)CCCCC1. The van der Waals surface area contributed by atoms with Gasteiger partial charge in [0.05, 0.1) is 5.92 Å². The van der Waals surface area contributed by atoms with Gasteiger partial charge in [0.2, 0.25) is 0 Å². The predicted molar refractivity (Wildman–Crippen MR) is 60.1 cm³/mol. The monoisotopic (exact) mass is 231 g/mol. The summed E-state index contributed by atoms with van der Waals surface area (Å²) in [6.45, 7) is 3.28. The maximum absolute atomic E-state index is 10.6. The fourth-order valence-corrected chi connectivity index (χ4v) is 1.40. The van der Waals surface area contributed by atoms with Crippen LogP contribution in [0.5, 0.6) is 0 Å². The predicted octanol–water partition coefficient (Wildman–Crippen LogP) is 1.46. The van der Waals surface area contributed by atoms with Crippen LogP contribution in [0.3, 0.4) is 0 Å². The second kappa shape index (κ2) is 6.48. The molecule has 16 heavy (non-hydrogen) atoms. The van der Waals surface area contributed by atoms with E-state index in [2.05, 4.69) is 0 Å². The van der Waals surface area contributed by atoms with Gasteiger partial charge in [0.25, 0.3) is 0 Å². The average Bonchev–Trinajstić information content (AvgIpc) is 2.19. The molecule has 0 aromatic heterocycles. The van der Waals surface area contributed by atoms with Gasteiger partial charge in [-0.05, 0) is 12.8 Å². The zero-order chi connectivity index (χ0) is 12.8. The molecule has 1 rings (SSSR count). The van der Waals surface area contributed by atoms with Crippen LogP contribution in [0.1, 0.15) is 46.0 Å². The summed E-state index contributed by atoms with van der Waals surface area (Å²) in [5, 5.41) is 16.7. The van der Waals surface area contributed by atoms with Crippen LogP contribution in [0.4, 0.5) is 0 Å². The molecule has 0 atom stereocenters. The topological polar surface area (TPSA) is 101 Å². The molecule has 5 heteroatoms. The molecule has 0 aliphatic heterocycles. The van der Waals surface area contributed by atoms with Gasteiger partial charge in [0, 0.05) is 0 Å². The molecule has 4 N–H and O–H groups in total. The fraction of sp³-hybridized carbons (Fsp3) is 0.818. The number of carboxylic acid groups (broad SMARTS) is 2. The van der Waals surface area contributed by atoms with Crippen LogP contribution in [0.15, 0.2) is 0 Å². The summed E-state index contributed by atoms with van der Waals surface area (Å²) in [5.74, 6) is -1.81. The lowest BCUT2D eigenvalue weighted by molar-refractivity contribution is -0.144. The van der Waals surface area contributed by atoms with Crippen LogP contribution < -0.4 is 5.73 Å². The third-order valence-electron chi connectivity index (χ3n) is 2.67. The number of rotatable bonds is 2. The highest BCUT2D eigenvalue weighted by Gasteiger charge is 2.34. The molecule has 1 fully saturated rings. The van der Waals surface area contributed by atoms with E-state index in [0.29, 0.717) is 12.8 Å². The minimum atomic E-state index is -0.905. The zero-order valence-corrected chi connectivity index (χ0v) is 9.90. The van der Waals surface area contributed by atoms with Crippen molar-refractivity contribution in [2.75, 3.05) is 0 Å². The number of aliphatic carboxylic acids is 2. The Bertz CT molecular complexity index is 244. The minimum absolute atomic E-state index is 0.231.